The van der Waals surface area contributed by atoms with Gasteiger partial charge in [0.1, 0.15) is 16.9 Å². The van der Waals surface area contributed by atoms with Crippen molar-refractivity contribution < 1.29 is 18.5 Å². The summed E-state index contributed by atoms with van der Waals surface area (Å²) < 4.78 is 15.7. The summed E-state index contributed by atoms with van der Waals surface area (Å²) in [5.41, 5.74) is 6.75. The molecule has 5 nitrogen and oxygen atoms in total. The van der Waals surface area contributed by atoms with Gasteiger partial charge in [-0.05, 0) is 54.6 Å². The highest BCUT2D eigenvalue weighted by atomic mass is 16.5. The van der Waals surface area contributed by atoms with Gasteiger partial charge in [0, 0.05) is 27.5 Å². The summed E-state index contributed by atoms with van der Waals surface area (Å²) in [5, 5.41) is 2.19. The molecule has 0 radical (unpaired) electrons. The summed E-state index contributed by atoms with van der Waals surface area (Å²) in [7, 11) is 1.62. The maximum atomic E-state index is 13.3. The molecular weight excluding hydrogens is 496 g/mol. The summed E-state index contributed by atoms with van der Waals surface area (Å²) in [4.78, 5) is 13.3. The number of hydrogen-bond donors (Lipinski definition) is 0. The average molecular weight is 524 g/mol. The van der Waals surface area contributed by atoms with Crippen LogP contribution in [0.5, 0.6) is 5.75 Å². The number of rotatable bonds is 7. The number of Topliss-reactive ketones (excluding diaryl/α,β-unsaturated/α-hetero) is 1. The van der Waals surface area contributed by atoms with Crippen molar-refractivity contribution >= 4 is 38.8 Å². The number of carbonyl (C=O) groups excluding carboxylic acids is 1. The molecule has 1 unspecified atom stereocenters. The number of carbonyl (C=O) groups is 1. The van der Waals surface area contributed by atoms with Crippen molar-refractivity contribution in [1.29, 1.82) is 0 Å². The van der Waals surface area contributed by atoms with Crippen LogP contribution >= 0.6 is 0 Å². The van der Waals surface area contributed by atoms with Crippen molar-refractivity contribution in [1.82, 2.24) is 4.57 Å². The standard InChI is InChI=1S/C35H27N2O3/c1-39-27-18-15-24(16-19-27)32(38)22-36-23-37(31-13-7-6-12-30(31)36)35(25-9-3-2-4-10-25)26-17-20-34-29(21-26)28-11-5-8-14-33(28)40-34/h2-21,23,35H,22H2,1H3/q+1. The first kappa shape index (κ1) is 23.9. The third-order valence-electron chi connectivity index (χ3n) is 7.57. The molecule has 0 fully saturated rings. The largest absolute Gasteiger partial charge is 0.497 e. The van der Waals surface area contributed by atoms with Crippen LogP contribution in [-0.4, -0.2) is 17.5 Å². The average Bonchev–Trinajstić information content (AvgIpc) is 3.56. The molecule has 5 heteroatoms. The van der Waals surface area contributed by atoms with E-state index >= 15 is 0 Å². The molecule has 0 aliphatic rings. The van der Waals surface area contributed by atoms with Crippen LogP contribution < -0.4 is 9.30 Å². The molecule has 2 aromatic heterocycles. The van der Waals surface area contributed by atoms with E-state index in [1.54, 1.807) is 7.11 Å². The fourth-order valence-corrected chi connectivity index (χ4v) is 5.62. The SMILES string of the molecule is COc1ccc(C(=O)C[n+]2cn(C(c3ccccc3)c3ccc4oc5ccccc5c4c3)c3ccccc32)cc1. The predicted octanol–water partition coefficient (Wildman–Crippen LogP) is 7.36. The van der Waals surface area contributed by atoms with Crippen LogP contribution in [0.4, 0.5) is 0 Å². The Hall–Kier alpha value is -5.16. The minimum Gasteiger partial charge on any atom is -0.497 e. The van der Waals surface area contributed by atoms with Gasteiger partial charge in [0.2, 0.25) is 12.1 Å². The van der Waals surface area contributed by atoms with Crippen LogP contribution in [-0.2, 0) is 6.54 Å². The number of nitrogens with zero attached hydrogens (tertiary/aromatic N) is 2. The van der Waals surface area contributed by atoms with E-state index in [1.807, 2.05) is 65.2 Å². The smallest absolute Gasteiger partial charge is 0.245 e. The molecule has 0 amide bonds. The van der Waals surface area contributed by atoms with E-state index in [9.17, 15) is 4.79 Å². The molecule has 0 N–H and O–H groups in total. The molecule has 0 bridgehead atoms. The molecule has 0 saturated heterocycles. The van der Waals surface area contributed by atoms with E-state index < -0.39 is 0 Å². The maximum absolute atomic E-state index is 13.3. The Morgan fingerprint density at radius 2 is 1.50 bits per heavy atom. The summed E-state index contributed by atoms with van der Waals surface area (Å²) in [6, 6.07) is 40.5. The minimum atomic E-state index is -0.110. The molecule has 40 heavy (non-hydrogen) atoms. The number of furan rings is 1. The Kier molecular flexibility index (Phi) is 5.90. The van der Waals surface area contributed by atoms with Gasteiger partial charge >= 0.3 is 0 Å². The lowest BCUT2D eigenvalue weighted by molar-refractivity contribution is -0.658. The van der Waals surface area contributed by atoms with E-state index in [0.717, 1.165) is 49.8 Å². The van der Waals surface area contributed by atoms with Crippen molar-refractivity contribution in [2.75, 3.05) is 7.11 Å². The van der Waals surface area contributed by atoms with Crippen LogP contribution in [0.1, 0.15) is 27.5 Å². The fourth-order valence-electron chi connectivity index (χ4n) is 5.62. The van der Waals surface area contributed by atoms with Crippen molar-refractivity contribution in [2.24, 2.45) is 0 Å². The quantitative estimate of drug-likeness (QED) is 0.162. The lowest BCUT2D eigenvalue weighted by atomic mass is 9.96. The van der Waals surface area contributed by atoms with Gasteiger partial charge in [-0.3, -0.25) is 4.79 Å². The summed E-state index contributed by atoms with van der Waals surface area (Å²) >= 11 is 0. The van der Waals surface area contributed by atoms with E-state index in [1.165, 1.54) is 0 Å². The van der Waals surface area contributed by atoms with Crippen LogP contribution in [0.15, 0.2) is 132 Å². The Morgan fingerprint density at radius 3 is 2.33 bits per heavy atom. The predicted molar refractivity (Wildman–Crippen MR) is 157 cm³/mol. The molecule has 0 aliphatic heterocycles. The van der Waals surface area contributed by atoms with Gasteiger partial charge in [0.15, 0.2) is 23.6 Å². The Bertz CT molecular complexity index is 1990. The second-order valence-corrected chi connectivity index (χ2v) is 9.96. The summed E-state index contributed by atoms with van der Waals surface area (Å²) in [5.74, 6) is 0.770. The van der Waals surface area contributed by atoms with E-state index in [0.29, 0.717) is 5.56 Å². The summed E-state index contributed by atoms with van der Waals surface area (Å²) in [6.07, 6.45) is 2.07. The third kappa shape index (κ3) is 4.12. The van der Waals surface area contributed by atoms with E-state index in [2.05, 4.69) is 71.6 Å². The van der Waals surface area contributed by atoms with Gasteiger partial charge in [-0.2, -0.15) is 0 Å². The normalized spacial score (nSPS) is 12.2. The maximum Gasteiger partial charge on any atom is 0.245 e. The van der Waals surface area contributed by atoms with Crippen LogP contribution in [0.3, 0.4) is 0 Å². The van der Waals surface area contributed by atoms with Crippen molar-refractivity contribution in [3.05, 3.63) is 144 Å². The number of fused-ring (bicyclic) bond motifs is 4. The molecule has 194 valence electrons. The second-order valence-electron chi connectivity index (χ2n) is 9.96. The number of para-hydroxylation sites is 3. The van der Waals surface area contributed by atoms with Gasteiger partial charge in [-0.15, -0.1) is 0 Å². The Balaban J connectivity index is 1.37. The van der Waals surface area contributed by atoms with Gasteiger partial charge in [0.25, 0.3) is 0 Å². The van der Waals surface area contributed by atoms with Gasteiger partial charge in [-0.25, -0.2) is 9.13 Å². The Labute approximate surface area is 231 Å². The molecule has 0 saturated carbocycles. The minimum absolute atomic E-state index is 0.0399. The van der Waals surface area contributed by atoms with Crippen molar-refractivity contribution in [3.63, 3.8) is 0 Å². The monoisotopic (exact) mass is 523 g/mol. The lowest BCUT2D eigenvalue weighted by Crippen LogP contribution is -2.37. The first-order valence-corrected chi connectivity index (χ1v) is 13.3. The van der Waals surface area contributed by atoms with Gasteiger partial charge in [-0.1, -0.05) is 66.7 Å². The number of methoxy groups -OCH3 is 1. The number of benzene rings is 5. The highest BCUT2D eigenvalue weighted by Crippen LogP contribution is 2.35. The zero-order chi connectivity index (χ0) is 27.1. The number of ketones is 1. The number of imidazole rings is 1. The van der Waals surface area contributed by atoms with Gasteiger partial charge < -0.3 is 9.15 Å². The van der Waals surface area contributed by atoms with E-state index in [4.69, 9.17) is 9.15 Å². The fraction of sp³-hybridized carbons (Fsp3) is 0.0857. The summed E-state index contributed by atoms with van der Waals surface area (Å²) in [6.45, 7) is 0.229. The van der Waals surface area contributed by atoms with Crippen molar-refractivity contribution in [3.8, 4) is 5.75 Å². The molecule has 7 rings (SSSR count). The molecule has 5 aromatic carbocycles. The first-order chi connectivity index (χ1) is 19.7. The highest BCUT2D eigenvalue weighted by Gasteiger charge is 2.28. The Morgan fingerprint density at radius 1 is 0.775 bits per heavy atom. The van der Waals surface area contributed by atoms with Gasteiger partial charge in [0.05, 0.1) is 7.11 Å². The number of hydrogen-bond acceptors (Lipinski definition) is 3. The topological polar surface area (TPSA) is 48.2 Å². The van der Waals surface area contributed by atoms with Crippen LogP contribution in [0.2, 0.25) is 0 Å². The molecule has 2 heterocycles. The first-order valence-electron chi connectivity index (χ1n) is 13.3. The molecule has 0 aliphatic carbocycles. The van der Waals surface area contributed by atoms with E-state index in [-0.39, 0.29) is 18.4 Å². The van der Waals surface area contributed by atoms with Crippen molar-refractivity contribution in [2.45, 2.75) is 12.6 Å². The zero-order valence-corrected chi connectivity index (χ0v) is 22.0. The molecular formula is C35H27N2O3+. The molecule has 7 aromatic rings. The molecule has 0 spiro atoms. The lowest BCUT2D eigenvalue weighted by Gasteiger charge is -2.16. The molecule has 1 atom stereocenters. The third-order valence-corrected chi connectivity index (χ3v) is 7.57. The second kappa shape index (κ2) is 9.86. The number of ether oxygens (including phenoxy) is 1. The highest BCUT2D eigenvalue weighted by molar-refractivity contribution is 6.05. The zero-order valence-electron chi connectivity index (χ0n) is 22.0. The van der Waals surface area contributed by atoms with Crippen LogP contribution in [0.25, 0.3) is 33.0 Å². The number of aromatic nitrogens is 2. The van der Waals surface area contributed by atoms with Crippen LogP contribution in [0, 0.1) is 0 Å².